The monoisotopic (exact) mass is 377 g/mol. The van der Waals surface area contributed by atoms with Gasteiger partial charge in [0.2, 0.25) is 0 Å². The van der Waals surface area contributed by atoms with Crippen LogP contribution >= 0.6 is 11.3 Å². The van der Waals surface area contributed by atoms with Gasteiger partial charge >= 0.3 is 0 Å². The van der Waals surface area contributed by atoms with Gasteiger partial charge in [0, 0.05) is 39.1 Å². The lowest BCUT2D eigenvalue weighted by atomic mass is 10.3. The van der Waals surface area contributed by atoms with Crippen LogP contribution < -0.4 is 25.0 Å². The molecule has 0 atom stereocenters. The maximum Gasteiger partial charge on any atom is 0.191 e. The summed E-state index contributed by atoms with van der Waals surface area (Å²) in [6, 6.07) is 7.61. The molecule has 0 spiro atoms. The molecule has 0 saturated carbocycles. The number of hydrogen-bond donors (Lipinski definition) is 2. The van der Waals surface area contributed by atoms with E-state index in [-0.39, 0.29) is 0 Å². The third-order valence-electron chi connectivity index (χ3n) is 3.51. The maximum atomic E-state index is 5.72. The van der Waals surface area contributed by atoms with Gasteiger partial charge in [0.05, 0.1) is 26.0 Å². The summed E-state index contributed by atoms with van der Waals surface area (Å²) in [6.07, 6.45) is 0.861. The van der Waals surface area contributed by atoms with Crippen molar-refractivity contribution < 1.29 is 9.47 Å². The van der Waals surface area contributed by atoms with Gasteiger partial charge in [0.1, 0.15) is 11.5 Å². The molecule has 2 aromatic rings. The summed E-state index contributed by atoms with van der Waals surface area (Å²) in [5, 5.41) is 9.60. The van der Waals surface area contributed by atoms with Gasteiger partial charge in [-0.25, -0.2) is 4.98 Å². The van der Waals surface area contributed by atoms with E-state index in [2.05, 4.69) is 26.0 Å². The highest BCUT2D eigenvalue weighted by molar-refractivity contribution is 7.13. The number of guanidine groups is 1. The predicted octanol–water partition coefficient (Wildman–Crippen LogP) is 2.35. The van der Waals surface area contributed by atoms with E-state index in [0.717, 1.165) is 41.2 Å². The van der Waals surface area contributed by atoms with Crippen molar-refractivity contribution in [2.24, 2.45) is 4.99 Å². The Hall–Kier alpha value is -2.48. The van der Waals surface area contributed by atoms with Gasteiger partial charge in [-0.05, 0) is 18.6 Å². The van der Waals surface area contributed by atoms with Gasteiger partial charge in [-0.3, -0.25) is 4.99 Å². The van der Waals surface area contributed by atoms with Crippen LogP contribution in [0.4, 0.5) is 5.13 Å². The molecule has 0 unspecified atom stereocenters. The fourth-order valence-electron chi connectivity index (χ4n) is 2.14. The molecule has 2 N–H and O–H groups in total. The molecule has 1 aromatic carbocycles. The van der Waals surface area contributed by atoms with Crippen molar-refractivity contribution in [1.82, 2.24) is 15.6 Å². The molecule has 0 amide bonds. The van der Waals surface area contributed by atoms with Gasteiger partial charge in [-0.1, -0.05) is 6.07 Å². The number of thiazole rings is 1. The smallest absolute Gasteiger partial charge is 0.191 e. The van der Waals surface area contributed by atoms with Crippen LogP contribution in [-0.4, -0.2) is 52.3 Å². The molecular formula is C18H27N5O2S. The quantitative estimate of drug-likeness (QED) is 0.397. The first-order chi connectivity index (χ1) is 12.6. The molecule has 0 saturated heterocycles. The third kappa shape index (κ3) is 6.44. The highest BCUT2D eigenvalue weighted by Crippen LogP contribution is 2.19. The van der Waals surface area contributed by atoms with Gasteiger partial charge in [-0.2, -0.15) is 0 Å². The lowest BCUT2D eigenvalue weighted by Gasteiger charge is -2.12. The van der Waals surface area contributed by atoms with Crippen molar-refractivity contribution in [3.63, 3.8) is 0 Å². The van der Waals surface area contributed by atoms with E-state index < -0.39 is 0 Å². The summed E-state index contributed by atoms with van der Waals surface area (Å²) < 4.78 is 10.9. The molecule has 142 valence electrons. The first-order valence-corrected chi connectivity index (χ1v) is 9.33. The number of aromatic nitrogens is 1. The first kappa shape index (κ1) is 19.8. The summed E-state index contributed by atoms with van der Waals surface area (Å²) in [5.41, 5.74) is 1.00. The number of nitrogens with one attached hydrogen (secondary N) is 2. The topological polar surface area (TPSA) is 71.0 Å². The Morgan fingerprint density at radius 1 is 1.27 bits per heavy atom. The Kier molecular flexibility index (Phi) is 8.01. The van der Waals surface area contributed by atoms with Crippen LogP contribution in [0.1, 0.15) is 12.1 Å². The van der Waals surface area contributed by atoms with Crippen LogP contribution in [0, 0.1) is 0 Å². The van der Waals surface area contributed by atoms with Crippen molar-refractivity contribution in [2.45, 2.75) is 13.0 Å². The van der Waals surface area contributed by atoms with Gasteiger partial charge in [0.15, 0.2) is 11.1 Å². The van der Waals surface area contributed by atoms with Crippen LogP contribution in [0.15, 0.2) is 34.6 Å². The molecule has 26 heavy (non-hydrogen) atoms. The average Bonchev–Trinajstić information content (AvgIpc) is 3.13. The summed E-state index contributed by atoms with van der Waals surface area (Å²) in [7, 11) is 7.39. The molecule has 1 heterocycles. The highest BCUT2D eigenvalue weighted by atomic mass is 32.1. The van der Waals surface area contributed by atoms with Gasteiger partial charge < -0.3 is 25.0 Å². The van der Waals surface area contributed by atoms with Crippen LogP contribution in [0.3, 0.4) is 0 Å². The second-order valence-corrected chi connectivity index (χ2v) is 6.59. The van der Waals surface area contributed by atoms with Crippen LogP contribution in [-0.2, 0) is 6.54 Å². The summed E-state index contributed by atoms with van der Waals surface area (Å²) >= 11 is 1.63. The number of methoxy groups -OCH3 is 1. The second kappa shape index (κ2) is 10.5. The van der Waals surface area contributed by atoms with Gasteiger partial charge in [-0.15, -0.1) is 11.3 Å². The van der Waals surface area contributed by atoms with Crippen molar-refractivity contribution in [2.75, 3.05) is 46.3 Å². The maximum absolute atomic E-state index is 5.72. The SMILES string of the molecule is CN=C(NCCCOc1cccc(OC)c1)NCc1csc(N(C)C)n1. The van der Waals surface area contributed by atoms with Crippen molar-refractivity contribution in [1.29, 1.82) is 0 Å². The second-order valence-electron chi connectivity index (χ2n) is 5.75. The standard InChI is InChI=1S/C18H27N5O2S/c1-19-17(21-12-14-13-26-18(22-14)23(2)3)20-9-6-10-25-16-8-5-7-15(11-16)24-4/h5,7-8,11,13H,6,9-10,12H2,1-4H3,(H2,19,20,21). The Bertz CT molecular complexity index is 702. The number of hydrogen-bond acceptors (Lipinski definition) is 6. The molecule has 1 aromatic heterocycles. The molecule has 8 heteroatoms. The fourth-order valence-corrected chi connectivity index (χ4v) is 2.90. The summed E-state index contributed by atoms with van der Waals surface area (Å²) in [6.45, 7) is 2.03. The fraction of sp³-hybridized carbons (Fsp3) is 0.444. The zero-order chi connectivity index (χ0) is 18.8. The summed E-state index contributed by atoms with van der Waals surface area (Å²) in [5.74, 6) is 2.36. The molecule has 0 aliphatic heterocycles. The first-order valence-electron chi connectivity index (χ1n) is 8.45. The number of benzene rings is 1. The summed E-state index contributed by atoms with van der Waals surface area (Å²) in [4.78, 5) is 10.8. The zero-order valence-corrected chi connectivity index (χ0v) is 16.6. The molecule has 0 radical (unpaired) electrons. The molecule has 0 bridgehead atoms. The Morgan fingerprint density at radius 3 is 2.77 bits per heavy atom. The molecule has 0 fully saturated rings. The van der Waals surface area contributed by atoms with E-state index in [1.54, 1.807) is 25.5 Å². The Morgan fingerprint density at radius 2 is 2.08 bits per heavy atom. The molecule has 0 aliphatic rings. The number of nitrogens with zero attached hydrogens (tertiary/aromatic N) is 3. The number of ether oxygens (including phenoxy) is 2. The van der Waals surface area contributed by atoms with E-state index in [9.17, 15) is 0 Å². The van der Waals surface area contributed by atoms with E-state index in [1.807, 2.05) is 43.3 Å². The van der Waals surface area contributed by atoms with E-state index in [1.165, 1.54) is 0 Å². The Labute approximate surface area is 159 Å². The van der Waals surface area contributed by atoms with Gasteiger partial charge in [0.25, 0.3) is 0 Å². The zero-order valence-electron chi connectivity index (χ0n) is 15.8. The van der Waals surface area contributed by atoms with Crippen molar-refractivity contribution >= 4 is 22.4 Å². The Balaban J connectivity index is 1.65. The lowest BCUT2D eigenvalue weighted by molar-refractivity contribution is 0.308. The number of aliphatic imine (C=N–C) groups is 1. The molecular weight excluding hydrogens is 350 g/mol. The average molecular weight is 378 g/mol. The van der Waals surface area contributed by atoms with E-state index in [4.69, 9.17) is 9.47 Å². The normalized spacial score (nSPS) is 11.2. The minimum absolute atomic E-state index is 0.620. The van der Waals surface area contributed by atoms with E-state index >= 15 is 0 Å². The minimum atomic E-state index is 0.620. The predicted molar refractivity (Wildman–Crippen MR) is 108 cm³/mol. The van der Waals surface area contributed by atoms with Crippen molar-refractivity contribution in [3.8, 4) is 11.5 Å². The van der Waals surface area contributed by atoms with Crippen LogP contribution in [0.25, 0.3) is 0 Å². The van der Waals surface area contributed by atoms with E-state index in [0.29, 0.717) is 13.2 Å². The van der Waals surface area contributed by atoms with Crippen molar-refractivity contribution in [3.05, 3.63) is 35.3 Å². The highest BCUT2D eigenvalue weighted by Gasteiger charge is 2.04. The number of rotatable bonds is 9. The molecule has 7 nitrogen and oxygen atoms in total. The minimum Gasteiger partial charge on any atom is -0.497 e. The largest absolute Gasteiger partial charge is 0.497 e. The van der Waals surface area contributed by atoms with Crippen LogP contribution in [0.2, 0.25) is 0 Å². The third-order valence-corrected chi connectivity index (χ3v) is 4.56. The number of anilines is 1. The lowest BCUT2D eigenvalue weighted by Crippen LogP contribution is -2.37. The molecule has 2 rings (SSSR count). The molecule has 0 aliphatic carbocycles. The van der Waals surface area contributed by atoms with Crippen LogP contribution in [0.5, 0.6) is 11.5 Å².